The van der Waals surface area contributed by atoms with Gasteiger partial charge in [0.2, 0.25) is 0 Å². The number of hydrogen-bond acceptors (Lipinski definition) is 6. The average Bonchev–Trinajstić information content (AvgIpc) is 2.62. The largest absolute Gasteiger partial charge is 0.482 e. The Labute approximate surface area is 167 Å². The number of amides is 1. The Hall–Kier alpha value is -2.65. The Kier molecular flexibility index (Phi) is 7.14. The number of nitro groups is 1. The second kappa shape index (κ2) is 9.33. The Balaban J connectivity index is 1.86. The highest BCUT2D eigenvalue weighted by atomic mass is 79.9. The predicted octanol–water partition coefficient (Wildman–Crippen LogP) is 3.96. The molecule has 0 heterocycles. The van der Waals surface area contributed by atoms with E-state index >= 15 is 0 Å². The van der Waals surface area contributed by atoms with Gasteiger partial charge in [0, 0.05) is 16.6 Å². The standard InChI is InChI=1S/C17H14BrClN2O6/c1-10(27-16(22)9-26-13-5-2-11(18)3-6-13)17(23)20-15-7-4-12(21(24)25)8-14(15)19/h2-8,10H,9H2,1H3,(H,20,23). The van der Waals surface area contributed by atoms with Gasteiger partial charge in [-0.2, -0.15) is 0 Å². The van der Waals surface area contributed by atoms with Gasteiger partial charge in [0.15, 0.2) is 12.7 Å². The first-order chi connectivity index (χ1) is 12.8. The summed E-state index contributed by atoms with van der Waals surface area (Å²) in [6.45, 7) is 1.02. The summed E-state index contributed by atoms with van der Waals surface area (Å²) in [5.41, 5.74) is -0.0381. The molecular formula is C17H14BrClN2O6. The molecule has 1 N–H and O–H groups in total. The van der Waals surface area contributed by atoms with Crippen molar-refractivity contribution in [1.29, 1.82) is 0 Å². The number of ether oxygens (including phenoxy) is 2. The van der Waals surface area contributed by atoms with Crippen molar-refractivity contribution in [2.24, 2.45) is 0 Å². The van der Waals surface area contributed by atoms with Crippen LogP contribution in [0.3, 0.4) is 0 Å². The fourth-order valence-corrected chi connectivity index (χ4v) is 2.40. The summed E-state index contributed by atoms with van der Waals surface area (Å²) >= 11 is 9.19. The molecule has 142 valence electrons. The third-order valence-electron chi connectivity index (χ3n) is 3.27. The molecule has 8 nitrogen and oxygen atoms in total. The van der Waals surface area contributed by atoms with Gasteiger partial charge in [0.05, 0.1) is 15.6 Å². The number of non-ortho nitro benzene ring substituents is 1. The molecule has 0 fully saturated rings. The van der Waals surface area contributed by atoms with Gasteiger partial charge >= 0.3 is 5.97 Å². The van der Waals surface area contributed by atoms with E-state index in [4.69, 9.17) is 21.1 Å². The molecule has 0 aliphatic carbocycles. The van der Waals surface area contributed by atoms with E-state index in [1.807, 2.05) is 0 Å². The molecule has 0 aliphatic heterocycles. The molecule has 1 atom stereocenters. The van der Waals surface area contributed by atoms with Gasteiger partial charge in [0.25, 0.3) is 11.6 Å². The second-order valence-corrected chi connectivity index (χ2v) is 6.61. The smallest absolute Gasteiger partial charge is 0.344 e. The van der Waals surface area contributed by atoms with Crippen molar-refractivity contribution in [3.05, 3.63) is 62.1 Å². The van der Waals surface area contributed by atoms with Crippen molar-refractivity contribution < 1.29 is 24.0 Å². The number of anilines is 1. The van der Waals surface area contributed by atoms with E-state index < -0.39 is 22.9 Å². The number of halogens is 2. The molecule has 0 saturated carbocycles. The predicted molar refractivity (Wildman–Crippen MR) is 102 cm³/mol. The zero-order chi connectivity index (χ0) is 20.0. The summed E-state index contributed by atoms with van der Waals surface area (Å²) in [7, 11) is 0. The summed E-state index contributed by atoms with van der Waals surface area (Å²) in [5, 5.41) is 13.1. The van der Waals surface area contributed by atoms with Gasteiger partial charge in [-0.1, -0.05) is 27.5 Å². The fourth-order valence-electron chi connectivity index (χ4n) is 1.91. The van der Waals surface area contributed by atoms with Crippen LogP contribution in [0.25, 0.3) is 0 Å². The Morgan fingerprint density at radius 2 is 1.93 bits per heavy atom. The lowest BCUT2D eigenvalue weighted by atomic mass is 10.2. The average molecular weight is 458 g/mol. The lowest BCUT2D eigenvalue weighted by Crippen LogP contribution is -2.31. The number of esters is 1. The molecule has 27 heavy (non-hydrogen) atoms. The third-order valence-corrected chi connectivity index (χ3v) is 4.11. The lowest BCUT2D eigenvalue weighted by molar-refractivity contribution is -0.384. The van der Waals surface area contributed by atoms with E-state index in [2.05, 4.69) is 21.2 Å². The molecule has 1 amide bonds. The monoisotopic (exact) mass is 456 g/mol. The van der Waals surface area contributed by atoms with Crippen molar-refractivity contribution in [3.63, 3.8) is 0 Å². The minimum atomic E-state index is -1.11. The molecule has 1 unspecified atom stereocenters. The Bertz CT molecular complexity index is 859. The molecule has 0 aromatic heterocycles. The highest BCUT2D eigenvalue weighted by molar-refractivity contribution is 9.10. The molecule has 0 saturated heterocycles. The van der Waals surface area contributed by atoms with E-state index in [9.17, 15) is 19.7 Å². The third kappa shape index (κ3) is 6.22. The zero-order valence-electron chi connectivity index (χ0n) is 14.0. The normalized spacial score (nSPS) is 11.4. The number of benzene rings is 2. The number of carbonyl (C=O) groups is 2. The van der Waals surface area contributed by atoms with E-state index in [0.29, 0.717) is 5.75 Å². The maximum atomic E-state index is 12.1. The number of carbonyl (C=O) groups excluding carboxylic acids is 2. The van der Waals surface area contributed by atoms with Crippen molar-refractivity contribution in [2.75, 3.05) is 11.9 Å². The van der Waals surface area contributed by atoms with E-state index in [0.717, 1.165) is 10.5 Å². The van der Waals surface area contributed by atoms with Gasteiger partial charge in [0.1, 0.15) is 5.75 Å². The van der Waals surface area contributed by atoms with Crippen LogP contribution >= 0.6 is 27.5 Å². The minimum absolute atomic E-state index is 0.00496. The number of hydrogen-bond donors (Lipinski definition) is 1. The topological polar surface area (TPSA) is 108 Å². The molecule has 0 spiro atoms. The van der Waals surface area contributed by atoms with Crippen LogP contribution in [-0.2, 0) is 14.3 Å². The van der Waals surface area contributed by atoms with Crippen LogP contribution in [0.4, 0.5) is 11.4 Å². The quantitative estimate of drug-likeness (QED) is 0.383. The minimum Gasteiger partial charge on any atom is -0.482 e. The van der Waals surface area contributed by atoms with Crippen LogP contribution in [0.5, 0.6) is 5.75 Å². The molecule has 0 bridgehead atoms. The van der Waals surface area contributed by atoms with E-state index in [-0.39, 0.29) is 23.0 Å². The summed E-state index contributed by atoms with van der Waals surface area (Å²) in [6, 6.07) is 10.5. The van der Waals surface area contributed by atoms with Gasteiger partial charge in [-0.3, -0.25) is 14.9 Å². The molecule has 2 rings (SSSR count). The molecule has 2 aromatic carbocycles. The van der Waals surface area contributed by atoms with Gasteiger partial charge in [-0.05, 0) is 37.3 Å². The first-order valence-electron chi connectivity index (χ1n) is 7.59. The molecule has 10 heteroatoms. The number of rotatable bonds is 7. The SMILES string of the molecule is CC(OC(=O)COc1ccc(Br)cc1)C(=O)Nc1ccc([N+](=O)[O-])cc1Cl. The zero-order valence-corrected chi connectivity index (χ0v) is 16.3. The lowest BCUT2D eigenvalue weighted by Gasteiger charge is -2.14. The maximum Gasteiger partial charge on any atom is 0.344 e. The highest BCUT2D eigenvalue weighted by Crippen LogP contribution is 2.26. The highest BCUT2D eigenvalue weighted by Gasteiger charge is 2.20. The van der Waals surface area contributed by atoms with E-state index in [1.54, 1.807) is 24.3 Å². The van der Waals surface area contributed by atoms with Crippen LogP contribution < -0.4 is 10.1 Å². The molecular weight excluding hydrogens is 444 g/mol. The van der Waals surface area contributed by atoms with Gasteiger partial charge in [-0.25, -0.2) is 4.79 Å². The van der Waals surface area contributed by atoms with Crippen molar-refractivity contribution in [3.8, 4) is 5.75 Å². The van der Waals surface area contributed by atoms with Crippen LogP contribution in [0, 0.1) is 10.1 Å². The molecule has 0 aliphatic rings. The van der Waals surface area contributed by atoms with Crippen molar-refractivity contribution in [1.82, 2.24) is 0 Å². The van der Waals surface area contributed by atoms with Crippen LogP contribution in [0.2, 0.25) is 5.02 Å². The number of nitrogens with zero attached hydrogens (tertiary/aromatic N) is 1. The fraction of sp³-hybridized carbons (Fsp3) is 0.176. The van der Waals surface area contributed by atoms with Crippen LogP contribution in [0.15, 0.2) is 46.9 Å². The summed E-state index contributed by atoms with van der Waals surface area (Å²) in [4.78, 5) is 34.0. The van der Waals surface area contributed by atoms with Gasteiger partial charge < -0.3 is 14.8 Å². The summed E-state index contributed by atoms with van der Waals surface area (Å²) in [5.74, 6) is -0.886. The summed E-state index contributed by atoms with van der Waals surface area (Å²) < 4.78 is 11.1. The van der Waals surface area contributed by atoms with Crippen molar-refractivity contribution in [2.45, 2.75) is 13.0 Å². The Morgan fingerprint density at radius 1 is 1.26 bits per heavy atom. The van der Waals surface area contributed by atoms with Crippen molar-refractivity contribution >= 4 is 50.8 Å². The first kappa shape index (κ1) is 20.7. The first-order valence-corrected chi connectivity index (χ1v) is 8.76. The Morgan fingerprint density at radius 3 is 2.52 bits per heavy atom. The number of nitrogens with one attached hydrogen (secondary N) is 1. The number of nitro benzene ring substituents is 1. The second-order valence-electron chi connectivity index (χ2n) is 5.29. The molecule has 0 radical (unpaired) electrons. The van der Waals surface area contributed by atoms with Crippen LogP contribution in [0.1, 0.15) is 6.92 Å². The molecule has 2 aromatic rings. The van der Waals surface area contributed by atoms with Crippen LogP contribution in [-0.4, -0.2) is 29.5 Å². The van der Waals surface area contributed by atoms with E-state index in [1.165, 1.54) is 19.1 Å². The van der Waals surface area contributed by atoms with Gasteiger partial charge in [-0.15, -0.1) is 0 Å². The summed E-state index contributed by atoms with van der Waals surface area (Å²) in [6.07, 6.45) is -1.11. The maximum absolute atomic E-state index is 12.1.